The zero-order valence-corrected chi connectivity index (χ0v) is 10.7. The number of nitrogens with one attached hydrogen (secondary N) is 1. The van der Waals surface area contributed by atoms with E-state index in [4.69, 9.17) is 4.42 Å². The second kappa shape index (κ2) is 4.65. The van der Waals surface area contributed by atoms with Gasteiger partial charge in [-0.15, -0.1) is 0 Å². The van der Waals surface area contributed by atoms with Crippen molar-refractivity contribution in [3.63, 3.8) is 0 Å². The van der Waals surface area contributed by atoms with E-state index in [2.05, 4.69) is 31.2 Å². The van der Waals surface area contributed by atoms with E-state index in [0.29, 0.717) is 0 Å². The standard InChI is InChI=1S/C11H12BrN3O/c1-3-13-11-7(2)9(14-6-15-11)10-8(12)4-5-16-10/h4-6H,3H2,1-2H3,(H,13,14,15). The molecule has 5 heteroatoms. The number of furan rings is 1. The van der Waals surface area contributed by atoms with Crippen molar-refractivity contribution in [2.75, 3.05) is 11.9 Å². The minimum Gasteiger partial charge on any atom is -0.461 e. The van der Waals surface area contributed by atoms with Crippen LogP contribution >= 0.6 is 15.9 Å². The first kappa shape index (κ1) is 11.1. The van der Waals surface area contributed by atoms with Gasteiger partial charge in [0.1, 0.15) is 17.8 Å². The number of hydrogen-bond acceptors (Lipinski definition) is 4. The van der Waals surface area contributed by atoms with Gasteiger partial charge in [-0.25, -0.2) is 9.97 Å². The van der Waals surface area contributed by atoms with Gasteiger partial charge in [-0.1, -0.05) is 0 Å². The van der Waals surface area contributed by atoms with Gasteiger partial charge in [0.2, 0.25) is 0 Å². The third-order valence-corrected chi connectivity index (χ3v) is 2.89. The van der Waals surface area contributed by atoms with E-state index in [9.17, 15) is 0 Å². The van der Waals surface area contributed by atoms with Crippen molar-refractivity contribution < 1.29 is 4.42 Å². The number of anilines is 1. The number of rotatable bonds is 3. The maximum absolute atomic E-state index is 5.40. The Kier molecular flexibility index (Phi) is 3.24. The summed E-state index contributed by atoms with van der Waals surface area (Å²) < 4.78 is 6.30. The van der Waals surface area contributed by atoms with Gasteiger partial charge in [-0.05, 0) is 35.8 Å². The molecule has 2 heterocycles. The fourth-order valence-electron chi connectivity index (χ4n) is 1.49. The summed E-state index contributed by atoms with van der Waals surface area (Å²) in [5, 5.41) is 3.19. The summed E-state index contributed by atoms with van der Waals surface area (Å²) in [5.41, 5.74) is 1.79. The summed E-state index contributed by atoms with van der Waals surface area (Å²) in [6, 6.07) is 1.85. The number of nitrogens with zero attached hydrogens (tertiary/aromatic N) is 2. The van der Waals surface area contributed by atoms with Crippen molar-refractivity contribution in [2.45, 2.75) is 13.8 Å². The largest absolute Gasteiger partial charge is 0.461 e. The molecule has 0 saturated heterocycles. The molecule has 0 radical (unpaired) electrons. The normalized spacial score (nSPS) is 10.4. The van der Waals surface area contributed by atoms with Crippen LogP contribution in [-0.2, 0) is 0 Å². The van der Waals surface area contributed by atoms with Crippen molar-refractivity contribution in [1.29, 1.82) is 0 Å². The highest BCUT2D eigenvalue weighted by Gasteiger charge is 2.13. The quantitative estimate of drug-likeness (QED) is 0.939. The summed E-state index contributed by atoms with van der Waals surface area (Å²) in [7, 11) is 0. The van der Waals surface area contributed by atoms with Crippen LogP contribution in [-0.4, -0.2) is 16.5 Å². The highest BCUT2D eigenvalue weighted by atomic mass is 79.9. The Morgan fingerprint density at radius 3 is 2.88 bits per heavy atom. The van der Waals surface area contributed by atoms with Crippen LogP contribution in [0.2, 0.25) is 0 Å². The van der Waals surface area contributed by atoms with Crippen molar-refractivity contribution in [1.82, 2.24) is 9.97 Å². The highest BCUT2D eigenvalue weighted by molar-refractivity contribution is 9.10. The first-order chi connectivity index (χ1) is 7.74. The Morgan fingerprint density at radius 1 is 1.44 bits per heavy atom. The van der Waals surface area contributed by atoms with E-state index < -0.39 is 0 Å². The van der Waals surface area contributed by atoms with Crippen LogP contribution in [0.3, 0.4) is 0 Å². The molecule has 4 nitrogen and oxygen atoms in total. The molecule has 0 spiro atoms. The molecule has 0 bridgehead atoms. The summed E-state index contributed by atoms with van der Waals surface area (Å²) in [5.74, 6) is 1.58. The second-order valence-corrected chi connectivity index (χ2v) is 4.18. The van der Waals surface area contributed by atoms with E-state index in [0.717, 1.165) is 33.9 Å². The molecule has 0 aromatic carbocycles. The minimum absolute atomic E-state index is 0.735. The van der Waals surface area contributed by atoms with Crippen LogP contribution in [0.25, 0.3) is 11.5 Å². The third-order valence-electron chi connectivity index (χ3n) is 2.26. The molecule has 0 aliphatic rings. The SMILES string of the molecule is CCNc1ncnc(-c2occc2Br)c1C. The molecule has 0 saturated carbocycles. The minimum atomic E-state index is 0.735. The number of aromatic nitrogens is 2. The van der Waals surface area contributed by atoms with Crippen molar-refractivity contribution in [3.8, 4) is 11.5 Å². The fourth-order valence-corrected chi connectivity index (χ4v) is 1.88. The van der Waals surface area contributed by atoms with Gasteiger partial charge in [0.15, 0.2) is 5.76 Å². The van der Waals surface area contributed by atoms with E-state index in [1.807, 2.05) is 19.9 Å². The zero-order valence-electron chi connectivity index (χ0n) is 9.12. The van der Waals surface area contributed by atoms with Crippen LogP contribution in [0.15, 0.2) is 27.5 Å². The number of halogens is 1. The molecule has 2 aromatic heterocycles. The molecule has 2 rings (SSSR count). The summed E-state index contributed by atoms with van der Waals surface area (Å²) >= 11 is 3.43. The summed E-state index contributed by atoms with van der Waals surface area (Å²) in [4.78, 5) is 8.44. The molecule has 2 aromatic rings. The first-order valence-electron chi connectivity index (χ1n) is 5.03. The van der Waals surface area contributed by atoms with Crippen molar-refractivity contribution in [3.05, 3.63) is 28.7 Å². The fraction of sp³-hybridized carbons (Fsp3) is 0.273. The third kappa shape index (κ3) is 1.95. The van der Waals surface area contributed by atoms with Gasteiger partial charge in [-0.3, -0.25) is 0 Å². The average Bonchev–Trinajstić information content (AvgIpc) is 2.68. The van der Waals surface area contributed by atoms with Crippen molar-refractivity contribution in [2.24, 2.45) is 0 Å². The maximum atomic E-state index is 5.40. The molecule has 0 atom stereocenters. The Balaban J connectivity index is 2.50. The molecule has 0 fully saturated rings. The lowest BCUT2D eigenvalue weighted by Gasteiger charge is -2.08. The van der Waals surface area contributed by atoms with Crippen molar-refractivity contribution >= 4 is 21.7 Å². The molecule has 16 heavy (non-hydrogen) atoms. The van der Waals surface area contributed by atoms with Crippen LogP contribution < -0.4 is 5.32 Å². The molecular formula is C11H12BrN3O. The Bertz CT molecular complexity index is 496. The smallest absolute Gasteiger partial charge is 0.166 e. The molecule has 1 N–H and O–H groups in total. The Hall–Kier alpha value is -1.36. The van der Waals surface area contributed by atoms with Gasteiger partial charge in [-0.2, -0.15) is 0 Å². The lowest BCUT2D eigenvalue weighted by Crippen LogP contribution is -2.03. The molecule has 0 aliphatic carbocycles. The van der Waals surface area contributed by atoms with E-state index in [1.165, 1.54) is 6.33 Å². The highest BCUT2D eigenvalue weighted by Crippen LogP contribution is 2.31. The zero-order chi connectivity index (χ0) is 11.5. The number of hydrogen-bond donors (Lipinski definition) is 1. The Morgan fingerprint density at radius 2 is 2.25 bits per heavy atom. The van der Waals surface area contributed by atoms with Crippen LogP contribution in [0.5, 0.6) is 0 Å². The Labute approximate surface area is 102 Å². The van der Waals surface area contributed by atoms with Gasteiger partial charge in [0.05, 0.1) is 10.7 Å². The van der Waals surface area contributed by atoms with Gasteiger partial charge in [0.25, 0.3) is 0 Å². The predicted octanol–water partition coefficient (Wildman–Crippen LogP) is 3.24. The van der Waals surface area contributed by atoms with Crippen LogP contribution in [0, 0.1) is 6.92 Å². The molecule has 0 aliphatic heterocycles. The second-order valence-electron chi connectivity index (χ2n) is 3.32. The molecule has 84 valence electrons. The molecular weight excluding hydrogens is 270 g/mol. The van der Waals surface area contributed by atoms with Gasteiger partial charge < -0.3 is 9.73 Å². The monoisotopic (exact) mass is 281 g/mol. The summed E-state index contributed by atoms with van der Waals surface area (Å²) in [6.45, 7) is 4.84. The topological polar surface area (TPSA) is 51.0 Å². The van der Waals surface area contributed by atoms with Gasteiger partial charge in [0, 0.05) is 12.1 Å². The van der Waals surface area contributed by atoms with E-state index in [-0.39, 0.29) is 0 Å². The molecule has 0 amide bonds. The molecule has 0 unspecified atom stereocenters. The summed E-state index contributed by atoms with van der Waals surface area (Å²) in [6.07, 6.45) is 3.17. The van der Waals surface area contributed by atoms with E-state index >= 15 is 0 Å². The lowest BCUT2D eigenvalue weighted by molar-refractivity contribution is 0.578. The maximum Gasteiger partial charge on any atom is 0.166 e. The predicted molar refractivity (Wildman–Crippen MR) is 66.3 cm³/mol. The van der Waals surface area contributed by atoms with Crippen LogP contribution in [0.1, 0.15) is 12.5 Å². The lowest BCUT2D eigenvalue weighted by atomic mass is 10.2. The average molecular weight is 282 g/mol. The van der Waals surface area contributed by atoms with E-state index in [1.54, 1.807) is 6.26 Å². The first-order valence-corrected chi connectivity index (χ1v) is 5.82. The van der Waals surface area contributed by atoms with Crippen LogP contribution in [0.4, 0.5) is 5.82 Å². The van der Waals surface area contributed by atoms with Gasteiger partial charge >= 0.3 is 0 Å².